The maximum Gasteiger partial charge on any atom is 0.337 e. The molecule has 1 aliphatic heterocycles. The van der Waals surface area contributed by atoms with Crippen LogP contribution in [0.5, 0.6) is 11.5 Å². The first-order valence-corrected chi connectivity index (χ1v) is 10.2. The summed E-state index contributed by atoms with van der Waals surface area (Å²) in [7, 11) is 4.40. The number of rotatable bonds is 7. The van der Waals surface area contributed by atoms with Gasteiger partial charge in [0.1, 0.15) is 0 Å². The molecule has 0 radical (unpaired) electrons. The fourth-order valence-electron chi connectivity index (χ4n) is 3.47. The van der Waals surface area contributed by atoms with E-state index in [1.165, 1.54) is 14.2 Å². The number of ether oxygens (including phenoxy) is 3. The Morgan fingerprint density at radius 2 is 1.47 bits per heavy atom. The predicted octanol–water partition coefficient (Wildman–Crippen LogP) is 1.89. The zero-order chi connectivity index (χ0) is 23.1. The van der Waals surface area contributed by atoms with E-state index in [0.717, 1.165) is 0 Å². The van der Waals surface area contributed by atoms with Crippen molar-refractivity contribution in [2.24, 2.45) is 0 Å². The van der Waals surface area contributed by atoms with Crippen molar-refractivity contribution in [1.29, 1.82) is 0 Å². The number of nitrogens with one attached hydrogen (secondary N) is 1. The van der Waals surface area contributed by atoms with Gasteiger partial charge in [-0.1, -0.05) is 0 Å². The highest BCUT2D eigenvalue weighted by Gasteiger charge is 2.24. The van der Waals surface area contributed by atoms with E-state index >= 15 is 0 Å². The molecule has 2 amide bonds. The summed E-state index contributed by atoms with van der Waals surface area (Å²) in [5, 5.41) is 2.82. The van der Waals surface area contributed by atoms with Crippen LogP contribution in [-0.4, -0.2) is 81.6 Å². The smallest absolute Gasteiger partial charge is 0.337 e. The molecule has 1 N–H and O–H groups in total. The summed E-state index contributed by atoms with van der Waals surface area (Å²) in [5.41, 5.74) is 1.55. The number of carbonyl (C=O) groups excluding carboxylic acids is 3. The number of piperazine rings is 1. The molecule has 2 aromatic carbocycles. The number of methoxy groups -OCH3 is 3. The van der Waals surface area contributed by atoms with Crippen molar-refractivity contribution in [3.63, 3.8) is 0 Å². The van der Waals surface area contributed by atoms with Crippen LogP contribution in [0.3, 0.4) is 0 Å². The van der Waals surface area contributed by atoms with Crippen molar-refractivity contribution in [3.8, 4) is 11.5 Å². The van der Waals surface area contributed by atoms with E-state index in [4.69, 9.17) is 9.47 Å². The van der Waals surface area contributed by atoms with Gasteiger partial charge < -0.3 is 24.4 Å². The molecule has 9 heteroatoms. The van der Waals surface area contributed by atoms with Crippen LogP contribution in [0.2, 0.25) is 0 Å². The molecular formula is C23H27N3O6. The number of esters is 1. The number of hydrogen-bond acceptors (Lipinski definition) is 7. The number of amides is 2. The molecule has 0 spiro atoms. The molecule has 2 aromatic rings. The van der Waals surface area contributed by atoms with E-state index in [-0.39, 0.29) is 18.4 Å². The molecule has 1 fully saturated rings. The van der Waals surface area contributed by atoms with Crippen LogP contribution in [0.4, 0.5) is 5.69 Å². The van der Waals surface area contributed by atoms with E-state index in [1.54, 1.807) is 54.5 Å². The lowest BCUT2D eigenvalue weighted by Gasteiger charge is -2.34. The molecule has 170 valence electrons. The number of hydrogen-bond donors (Lipinski definition) is 1. The summed E-state index contributed by atoms with van der Waals surface area (Å²) < 4.78 is 15.2. The maximum atomic E-state index is 12.8. The molecule has 0 bridgehead atoms. The summed E-state index contributed by atoms with van der Waals surface area (Å²) in [5.74, 6) is 0.410. The summed E-state index contributed by atoms with van der Waals surface area (Å²) in [6.07, 6.45) is 0. The van der Waals surface area contributed by atoms with Gasteiger partial charge in [-0.15, -0.1) is 0 Å². The first-order chi connectivity index (χ1) is 15.4. The maximum absolute atomic E-state index is 12.8. The molecule has 1 aliphatic rings. The van der Waals surface area contributed by atoms with E-state index < -0.39 is 5.97 Å². The molecule has 0 saturated carbocycles. The summed E-state index contributed by atoms with van der Waals surface area (Å²) in [6, 6.07) is 11.6. The van der Waals surface area contributed by atoms with Gasteiger partial charge in [0.2, 0.25) is 5.91 Å². The molecule has 0 unspecified atom stereocenters. The molecule has 1 saturated heterocycles. The molecule has 1 heterocycles. The van der Waals surface area contributed by atoms with Crippen molar-refractivity contribution in [2.75, 3.05) is 59.4 Å². The zero-order valence-corrected chi connectivity index (χ0v) is 18.4. The monoisotopic (exact) mass is 441 g/mol. The Morgan fingerprint density at radius 3 is 2.06 bits per heavy atom. The first-order valence-electron chi connectivity index (χ1n) is 10.2. The minimum atomic E-state index is -0.427. The molecule has 0 atom stereocenters. The van der Waals surface area contributed by atoms with Crippen LogP contribution < -0.4 is 14.8 Å². The van der Waals surface area contributed by atoms with Crippen molar-refractivity contribution < 1.29 is 28.6 Å². The van der Waals surface area contributed by atoms with Crippen LogP contribution in [0.25, 0.3) is 0 Å². The quantitative estimate of drug-likeness (QED) is 0.656. The summed E-state index contributed by atoms with van der Waals surface area (Å²) in [4.78, 5) is 40.4. The van der Waals surface area contributed by atoms with Gasteiger partial charge in [-0.05, 0) is 42.5 Å². The average molecular weight is 441 g/mol. The molecule has 0 aromatic heterocycles. The fourth-order valence-corrected chi connectivity index (χ4v) is 3.47. The van der Waals surface area contributed by atoms with Gasteiger partial charge in [-0.25, -0.2) is 4.79 Å². The van der Waals surface area contributed by atoms with E-state index in [9.17, 15) is 14.4 Å². The molecule has 9 nitrogen and oxygen atoms in total. The standard InChI is InChI=1S/C23H27N3O6/c1-30-19-9-6-17(14-20(19)31-2)22(28)26-12-10-25(11-13-26)15-21(27)24-18-7-4-16(5-8-18)23(29)32-3/h4-9,14H,10-13,15H2,1-3H3,(H,24,27). The van der Waals surface area contributed by atoms with Crippen LogP contribution in [-0.2, 0) is 9.53 Å². The van der Waals surface area contributed by atoms with Gasteiger partial charge in [0, 0.05) is 37.4 Å². The summed E-state index contributed by atoms with van der Waals surface area (Å²) >= 11 is 0. The topological polar surface area (TPSA) is 97.4 Å². The third-order valence-electron chi connectivity index (χ3n) is 5.25. The van der Waals surface area contributed by atoms with Gasteiger partial charge in [-0.3, -0.25) is 14.5 Å². The Morgan fingerprint density at radius 1 is 0.844 bits per heavy atom. The van der Waals surface area contributed by atoms with E-state index in [2.05, 4.69) is 10.1 Å². The first kappa shape index (κ1) is 23.1. The summed E-state index contributed by atoms with van der Waals surface area (Å²) in [6.45, 7) is 2.45. The lowest BCUT2D eigenvalue weighted by molar-refractivity contribution is -0.117. The third-order valence-corrected chi connectivity index (χ3v) is 5.25. The lowest BCUT2D eigenvalue weighted by Crippen LogP contribution is -2.50. The minimum Gasteiger partial charge on any atom is -0.493 e. The largest absolute Gasteiger partial charge is 0.493 e. The minimum absolute atomic E-state index is 0.0826. The van der Waals surface area contributed by atoms with Crippen molar-refractivity contribution in [1.82, 2.24) is 9.80 Å². The Bertz CT molecular complexity index is 968. The lowest BCUT2D eigenvalue weighted by atomic mass is 10.1. The average Bonchev–Trinajstić information content (AvgIpc) is 2.83. The zero-order valence-electron chi connectivity index (χ0n) is 18.4. The van der Waals surface area contributed by atoms with Gasteiger partial charge in [-0.2, -0.15) is 0 Å². The highest BCUT2D eigenvalue weighted by molar-refractivity contribution is 5.95. The second kappa shape index (κ2) is 10.6. The van der Waals surface area contributed by atoms with Crippen molar-refractivity contribution in [2.45, 2.75) is 0 Å². The van der Waals surface area contributed by atoms with Crippen LogP contribution in [0.15, 0.2) is 42.5 Å². The SMILES string of the molecule is COC(=O)c1ccc(NC(=O)CN2CCN(C(=O)c3ccc(OC)c(OC)c3)CC2)cc1. The number of nitrogens with zero attached hydrogens (tertiary/aromatic N) is 2. The second-order valence-corrected chi connectivity index (χ2v) is 7.26. The fraction of sp³-hybridized carbons (Fsp3) is 0.348. The van der Waals surface area contributed by atoms with Crippen molar-refractivity contribution in [3.05, 3.63) is 53.6 Å². The highest BCUT2D eigenvalue weighted by Crippen LogP contribution is 2.28. The van der Waals surface area contributed by atoms with Crippen LogP contribution >= 0.6 is 0 Å². The number of anilines is 1. The van der Waals surface area contributed by atoms with E-state index in [1.807, 2.05) is 4.90 Å². The Labute approximate surface area is 186 Å². The van der Waals surface area contributed by atoms with Gasteiger partial charge >= 0.3 is 5.97 Å². The molecule has 3 rings (SSSR count). The van der Waals surface area contributed by atoms with Gasteiger partial charge in [0.25, 0.3) is 5.91 Å². The molecule has 32 heavy (non-hydrogen) atoms. The van der Waals surface area contributed by atoms with E-state index in [0.29, 0.717) is 54.5 Å². The Kier molecular flexibility index (Phi) is 7.67. The highest BCUT2D eigenvalue weighted by atomic mass is 16.5. The molecule has 0 aliphatic carbocycles. The predicted molar refractivity (Wildman–Crippen MR) is 118 cm³/mol. The van der Waals surface area contributed by atoms with Crippen LogP contribution in [0, 0.1) is 0 Å². The normalized spacial score (nSPS) is 13.9. The van der Waals surface area contributed by atoms with Crippen molar-refractivity contribution >= 4 is 23.5 Å². The second-order valence-electron chi connectivity index (χ2n) is 7.26. The number of carbonyl (C=O) groups is 3. The Hall–Kier alpha value is -3.59. The Balaban J connectivity index is 1.49. The molecular weight excluding hydrogens is 414 g/mol. The number of benzene rings is 2. The third kappa shape index (κ3) is 5.55. The van der Waals surface area contributed by atoms with Gasteiger partial charge in [0.05, 0.1) is 33.4 Å². The van der Waals surface area contributed by atoms with Gasteiger partial charge in [0.15, 0.2) is 11.5 Å². The van der Waals surface area contributed by atoms with Crippen LogP contribution in [0.1, 0.15) is 20.7 Å².